The van der Waals surface area contributed by atoms with E-state index < -0.39 is 17.5 Å². The van der Waals surface area contributed by atoms with Crippen LogP contribution in [0.25, 0.3) is 22.3 Å². The van der Waals surface area contributed by atoms with Crippen molar-refractivity contribution in [3.05, 3.63) is 57.4 Å². The largest absolute Gasteiger partial charge is 0.466 e. The van der Waals surface area contributed by atoms with Gasteiger partial charge in [-0.25, -0.2) is 9.78 Å². The van der Waals surface area contributed by atoms with Crippen LogP contribution in [0.1, 0.15) is 37.0 Å². The van der Waals surface area contributed by atoms with E-state index in [4.69, 9.17) is 14.5 Å². The molecular weight excluding hydrogens is 444 g/mol. The van der Waals surface area contributed by atoms with E-state index in [9.17, 15) is 19.5 Å². The van der Waals surface area contributed by atoms with Crippen LogP contribution in [0.5, 0.6) is 0 Å². The molecule has 0 amide bonds. The maximum atomic E-state index is 13.4. The number of nitrogens with zero attached hydrogens (tertiary/aromatic N) is 2. The highest BCUT2D eigenvalue weighted by atomic mass is 32.2. The highest BCUT2D eigenvalue weighted by Crippen LogP contribution is 2.39. The SMILES string of the molecule is CCSc1cccc2cc3c(nc12)-c1cc2c(c(=O)n1C3)COC(=O)[C@]2(O)CCOC(C)=O. The molecule has 33 heavy (non-hydrogen) atoms. The van der Waals surface area contributed by atoms with E-state index in [1.165, 1.54) is 6.92 Å². The molecule has 2 aromatic heterocycles. The molecule has 0 fully saturated rings. The molecule has 3 aromatic rings. The summed E-state index contributed by atoms with van der Waals surface area (Å²) in [4.78, 5) is 43.0. The monoisotopic (exact) mass is 466 g/mol. The molecule has 5 rings (SSSR count). The number of carbonyl (C=O) groups excluding carboxylic acids is 2. The fraction of sp³-hybridized carbons (Fsp3) is 0.333. The second-order valence-electron chi connectivity index (χ2n) is 8.10. The molecule has 0 saturated heterocycles. The molecule has 1 aromatic carbocycles. The number of pyridine rings is 2. The Morgan fingerprint density at radius 3 is 2.91 bits per heavy atom. The van der Waals surface area contributed by atoms with Gasteiger partial charge in [0.05, 0.1) is 35.6 Å². The first-order chi connectivity index (χ1) is 15.8. The minimum atomic E-state index is -2.08. The van der Waals surface area contributed by atoms with Gasteiger partial charge >= 0.3 is 11.9 Å². The van der Waals surface area contributed by atoms with E-state index in [-0.39, 0.29) is 36.3 Å². The van der Waals surface area contributed by atoms with Crippen LogP contribution in [0.2, 0.25) is 0 Å². The fourth-order valence-corrected chi connectivity index (χ4v) is 5.28. The van der Waals surface area contributed by atoms with E-state index >= 15 is 0 Å². The van der Waals surface area contributed by atoms with Crippen LogP contribution in [0.4, 0.5) is 0 Å². The van der Waals surface area contributed by atoms with Gasteiger partial charge in [0.15, 0.2) is 5.60 Å². The van der Waals surface area contributed by atoms with Gasteiger partial charge < -0.3 is 19.1 Å². The smallest absolute Gasteiger partial charge is 0.343 e. The van der Waals surface area contributed by atoms with Gasteiger partial charge in [-0.1, -0.05) is 19.1 Å². The first-order valence-corrected chi connectivity index (χ1v) is 11.7. The summed E-state index contributed by atoms with van der Waals surface area (Å²) >= 11 is 1.70. The van der Waals surface area contributed by atoms with Crippen molar-refractivity contribution in [3.63, 3.8) is 0 Å². The number of hydrogen-bond acceptors (Lipinski definition) is 8. The van der Waals surface area contributed by atoms with E-state index in [1.54, 1.807) is 22.4 Å². The van der Waals surface area contributed by atoms with Crippen molar-refractivity contribution in [1.29, 1.82) is 0 Å². The number of aliphatic hydroxyl groups is 1. The maximum Gasteiger partial charge on any atom is 0.343 e. The molecule has 0 aliphatic carbocycles. The molecule has 0 radical (unpaired) electrons. The normalized spacial score (nSPS) is 18.5. The van der Waals surface area contributed by atoms with Crippen LogP contribution in [-0.2, 0) is 37.8 Å². The van der Waals surface area contributed by atoms with Crippen LogP contribution in [-0.4, -0.2) is 39.0 Å². The topological polar surface area (TPSA) is 108 Å². The number of aromatic nitrogens is 2. The predicted octanol–water partition coefficient (Wildman–Crippen LogP) is 2.73. The number of esters is 2. The molecular formula is C24H22N2O6S. The number of hydrogen-bond donors (Lipinski definition) is 1. The molecule has 2 aliphatic heterocycles. The molecule has 9 heteroatoms. The summed E-state index contributed by atoms with van der Waals surface area (Å²) in [5.74, 6) is -0.487. The zero-order valence-electron chi connectivity index (χ0n) is 18.2. The summed E-state index contributed by atoms with van der Waals surface area (Å²) in [5.41, 5.74) is 0.964. The Labute approximate surface area is 193 Å². The lowest BCUT2D eigenvalue weighted by atomic mass is 9.85. The Morgan fingerprint density at radius 1 is 1.33 bits per heavy atom. The van der Waals surface area contributed by atoms with Crippen molar-refractivity contribution in [2.24, 2.45) is 0 Å². The Hall–Kier alpha value is -3.17. The van der Waals surface area contributed by atoms with Crippen molar-refractivity contribution in [1.82, 2.24) is 9.55 Å². The van der Waals surface area contributed by atoms with Gasteiger partial charge in [0.25, 0.3) is 5.56 Å². The lowest BCUT2D eigenvalue weighted by Crippen LogP contribution is -2.45. The molecule has 0 unspecified atom stereocenters. The van der Waals surface area contributed by atoms with E-state index in [0.717, 1.165) is 27.1 Å². The fourth-order valence-electron chi connectivity index (χ4n) is 4.50. The molecule has 2 aliphatic rings. The molecule has 1 atom stereocenters. The Bertz CT molecular complexity index is 1380. The predicted molar refractivity (Wildman–Crippen MR) is 122 cm³/mol. The first kappa shape index (κ1) is 21.7. The third kappa shape index (κ3) is 3.43. The van der Waals surface area contributed by atoms with E-state index in [0.29, 0.717) is 17.9 Å². The number of rotatable bonds is 5. The van der Waals surface area contributed by atoms with Gasteiger partial charge in [-0.05, 0) is 24.0 Å². The first-order valence-electron chi connectivity index (χ1n) is 10.7. The van der Waals surface area contributed by atoms with Crippen LogP contribution in [0.3, 0.4) is 0 Å². The van der Waals surface area contributed by atoms with Crippen molar-refractivity contribution in [3.8, 4) is 11.4 Å². The number of cyclic esters (lactones) is 1. The number of fused-ring (bicyclic) bond motifs is 5. The Balaban J connectivity index is 1.67. The summed E-state index contributed by atoms with van der Waals surface area (Å²) in [7, 11) is 0. The number of thioether (sulfide) groups is 1. The van der Waals surface area contributed by atoms with Gasteiger partial charge in [0, 0.05) is 34.8 Å². The van der Waals surface area contributed by atoms with Crippen molar-refractivity contribution < 1.29 is 24.2 Å². The minimum absolute atomic E-state index is 0.185. The molecule has 8 nitrogen and oxygen atoms in total. The summed E-state index contributed by atoms with van der Waals surface area (Å²) in [6, 6.07) is 9.71. The van der Waals surface area contributed by atoms with Gasteiger partial charge in [0.1, 0.15) is 6.61 Å². The van der Waals surface area contributed by atoms with Crippen LogP contribution in [0.15, 0.2) is 40.0 Å². The van der Waals surface area contributed by atoms with Gasteiger partial charge in [-0.2, -0.15) is 0 Å². The summed E-state index contributed by atoms with van der Waals surface area (Å²) < 4.78 is 11.7. The molecule has 0 spiro atoms. The molecule has 0 saturated carbocycles. The van der Waals surface area contributed by atoms with Gasteiger partial charge in [0.2, 0.25) is 0 Å². The average Bonchev–Trinajstić information content (AvgIpc) is 3.14. The van der Waals surface area contributed by atoms with Crippen molar-refractivity contribution >= 4 is 34.6 Å². The lowest BCUT2D eigenvalue weighted by Gasteiger charge is -2.32. The van der Waals surface area contributed by atoms with Crippen molar-refractivity contribution in [2.45, 2.75) is 43.9 Å². The highest BCUT2D eigenvalue weighted by molar-refractivity contribution is 7.99. The Kier molecular flexibility index (Phi) is 5.25. The molecule has 4 heterocycles. The third-order valence-electron chi connectivity index (χ3n) is 6.06. The summed E-state index contributed by atoms with van der Waals surface area (Å²) in [6.45, 7) is 3.27. The third-order valence-corrected chi connectivity index (χ3v) is 6.99. The number of para-hydroxylation sites is 1. The van der Waals surface area contributed by atoms with Crippen LogP contribution < -0.4 is 5.56 Å². The average molecular weight is 467 g/mol. The second-order valence-corrected chi connectivity index (χ2v) is 9.40. The number of ether oxygens (including phenoxy) is 2. The molecule has 0 bridgehead atoms. The highest BCUT2D eigenvalue weighted by Gasteiger charge is 2.46. The van der Waals surface area contributed by atoms with Crippen molar-refractivity contribution in [2.75, 3.05) is 12.4 Å². The van der Waals surface area contributed by atoms with Gasteiger partial charge in [-0.3, -0.25) is 9.59 Å². The standard InChI is InChI=1S/C24H22N2O6S/c1-3-33-19-6-4-5-14-9-15-11-26-18(20(15)25-21(14)19)10-17-16(22(26)28)12-32-23(29)24(17,30)7-8-31-13(2)27/h4-6,9-10,30H,3,7-8,11-12H2,1-2H3/t24-/m0/s1. The second kappa shape index (κ2) is 8.00. The Morgan fingerprint density at radius 2 is 2.15 bits per heavy atom. The van der Waals surface area contributed by atoms with Crippen LogP contribution >= 0.6 is 11.8 Å². The summed E-state index contributed by atoms with van der Waals surface area (Å²) in [5, 5.41) is 12.3. The molecule has 170 valence electrons. The summed E-state index contributed by atoms with van der Waals surface area (Å²) in [6.07, 6.45) is -0.212. The minimum Gasteiger partial charge on any atom is -0.466 e. The van der Waals surface area contributed by atoms with E-state index in [2.05, 4.69) is 6.92 Å². The maximum absolute atomic E-state index is 13.4. The zero-order chi connectivity index (χ0) is 23.3. The van der Waals surface area contributed by atoms with Gasteiger partial charge in [-0.15, -0.1) is 11.8 Å². The molecule has 1 N–H and O–H groups in total. The van der Waals surface area contributed by atoms with Crippen LogP contribution in [0, 0.1) is 0 Å². The van der Waals surface area contributed by atoms with E-state index in [1.807, 2.05) is 24.3 Å². The quantitative estimate of drug-likeness (QED) is 0.353. The lowest BCUT2D eigenvalue weighted by molar-refractivity contribution is -0.175. The zero-order valence-corrected chi connectivity index (χ0v) is 19.0. The number of carbonyl (C=O) groups is 2. The number of benzene rings is 1.